The van der Waals surface area contributed by atoms with Gasteiger partial charge in [-0.05, 0) is 47.7 Å². The number of anilines is 1. The van der Waals surface area contributed by atoms with Gasteiger partial charge in [0.2, 0.25) is 0 Å². The minimum absolute atomic E-state index is 0.537. The molecule has 3 rings (SSSR count). The topological polar surface area (TPSA) is 12.0 Å². The summed E-state index contributed by atoms with van der Waals surface area (Å²) in [7, 11) is 0. The molecule has 1 N–H and O–H groups in total. The molecular weight excluding hydrogens is 222 g/mol. The average molecular weight is 235 g/mol. The second-order valence-corrected chi connectivity index (χ2v) is 5.68. The fourth-order valence-corrected chi connectivity index (χ4v) is 3.77. The second-order valence-electron chi connectivity index (χ2n) is 3.90. The fraction of sp³-hybridized carbons (Fsp3) is 0.333. The highest BCUT2D eigenvalue weighted by Gasteiger charge is 2.20. The first kappa shape index (κ1) is 9.43. The molecule has 78 valence electrons. The summed E-state index contributed by atoms with van der Waals surface area (Å²) in [6.07, 6.45) is 3.85. The monoisotopic (exact) mass is 235 g/mol. The minimum atomic E-state index is 0.537. The van der Waals surface area contributed by atoms with Crippen LogP contribution in [0.3, 0.4) is 0 Å². The molecule has 1 atom stereocenters. The summed E-state index contributed by atoms with van der Waals surface area (Å²) in [5, 5.41) is 10.1. The van der Waals surface area contributed by atoms with Gasteiger partial charge in [-0.1, -0.05) is 0 Å². The van der Waals surface area contributed by atoms with E-state index in [-0.39, 0.29) is 0 Å². The van der Waals surface area contributed by atoms with E-state index in [1.54, 1.807) is 16.2 Å². The van der Waals surface area contributed by atoms with Crippen LogP contribution in [0.1, 0.15) is 29.3 Å². The molecule has 1 aliphatic rings. The van der Waals surface area contributed by atoms with Gasteiger partial charge < -0.3 is 5.32 Å². The lowest BCUT2D eigenvalue weighted by atomic mass is 9.94. The zero-order valence-electron chi connectivity index (χ0n) is 8.40. The maximum atomic E-state index is 3.62. The summed E-state index contributed by atoms with van der Waals surface area (Å²) in [5.41, 5.74) is 2.79. The van der Waals surface area contributed by atoms with Crippen molar-refractivity contribution in [1.29, 1.82) is 0 Å². The van der Waals surface area contributed by atoms with E-state index in [1.807, 2.05) is 11.3 Å². The van der Waals surface area contributed by atoms with Crippen LogP contribution in [-0.4, -0.2) is 0 Å². The van der Waals surface area contributed by atoms with Gasteiger partial charge in [-0.15, -0.1) is 11.3 Å². The van der Waals surface area contributed by atoms with Gasteiger partial charge in [-0.3, -0.25) is 0 Å². The van der Waals surface area contributed by atoms with E-state index in [1.165, 1.54) is 30.5 Å². The predicted octanol–water partition coefficient (Wildman–Crippen LogP) is 4.30. The normalized spacial score (nSPS) is 19.9. The van der Waals surface area contributed by atoms with Crippen LogP contribution < -0.4 is 5.32 Å². The van der Waals surface area contributed by atoms with E-state index in [0.717, 1.165) is 0 Å². The van der Waals surface area contributed by atoms with E-state index in [9.17, 15) is 0 Å². The molecule has 0 radical (unpaired) electrons. The van der Waals surface area contributed by atoms with E-state index in [4.69, 9.17) is 0 Å². The standard InChI is InChI=1S/C12H13NS2/c1-2-11(13-9-4-6-14-8-9)10-5-7-15-12(10)3-1/h4-8,11,13H,1-3H2. The first-order valence-corrected chi connectivity index (χ1v) is 7.11. The summed E-state index contributed by atoms with van der Waals surface area (Å²) in [6, 6.07) is 4.98. The van der Waals surface area contributed by atoms with E-state index >= 15 is 0 Å². The zero-order chi connectivity index (χ0) is 10.1. The van der Waals surface area contributed by atoms with Crippen molar-refractivity contribution in [2.75, 3.05) is 5.32 Å². The van der Waals surface area contributed by atoms with Crippen LogP contribution in [0, 0.1) is 0 Å². The van der Waals surface area contributed by atoms with E-state index in [2.05, 4.69) is 33.6 Å². The lowest BCUT2D eigenvalue weighted by Gasteiger charge is -2.24. The van der Waals surface area contributed by atoms with E-state index in [0.29, 0.717) is 6.04 Å². The Bertz CT molecular complexity index is 430. The van der Waals surface area contributed by atoms with Gasteiger partial charge >= 0.3 is 0 Å². The molecule has 3 heteroatoms. The SMILES string of the molecule is c1cc(NC2CCCc3sccc32)cs1. The second kappa shape index (κ2) is 3.99. The highest BCUT2D eigenvalue weighted by atomic mass is 32.1. The summed E-state index contributed by atoms with van der Waals surface area (Å²) < 4.78 is 0. The van der Waals surface area contributed by atoms with Gasteiger partial charge in [0, 0.05) is 15.9 Å². The van der Waals surface area contributed by atoms with Crippen LogP contribution in [0.5, 0.6) is 0 Å². The molecule has 0 fully saturated rings. The molecule has 15 heavy (non-hydrogen) atoms. The highest BCUT2D eigenvalue weighted by molar-refractivity contribution is 7.10. The predicted molar refractivity (Wildman–Crippen MR) is 67.9 cm³/mol. The fourth-order valence-electron chi connectivity index (χ4n) is 2.18. The van der Waals surface area contributed by atoms with Crippen molar-refractivity contribution in [3.05, 3.63) is 38.7 Å². The summed E-state index contributed by atoms with van der Waals surface area (Å²) in [6.45, 7) is 0. The Kier molecular flexibility index (Phi) is 2.51. The van der Waals surface area contributed by atoms with Crippen LogP contribution in [0.25, 0.3) is 0 Å². The maximum absolute atomic E-state index is 3.62. The molecule has 0 saturated heterocycles. The van der Waals surface area contributed by atoms with Gasteiger partial charge in [-0.2, -0.15) is 11.3 Å². The zero-order valence-corrected chi connectivity index (χ0v) is 10.0. The third-order valence-electron chi connectivity index (χ3n) is 2.91. The lowest BCUT2D eigenvalue weighted by Crippen LogP contribution is -2.15. The number of nitrogens with one attached hydrogen (secondary N) is 1. The highest BCUT2D eigenvalue weighted by Crippen LogP contribution is 2.35. The molecule has 2 aromatic heterocycles. The first-order valence-electron chi connectivity index (χ1n) is 5.28. The molecule has 1 nitrogen and oxygen atoms in total. The molecule has 1 unspecified atom stereocenters. The summed E-state index contributed by atoms with van der Waals surface area (Å²) in [5.74, 6) is 0. The van der Waals surface area contributed by atoms with Gasteiger partial charge in [0.1, 0.15) is 0 Å². The van der Waals surface area contributed by atoms with Crippen molar-refractivity contribution in [3.63, 3.8) is 0 Å². The van der Waals surface area contributed by atoms with Crippen molar-refractivity contribution in [1.82, 2.24) is 0 Å². The number of thiophene rings is 2. The number of fused-ring (bicyclic) bond motifs is 1. The molecule has 0 saturated carbocycles. The van der Waals surface area contributed by atoms with Crippen molar-refractivity contribution in [2.45, 2.75) is 25.3 Å². The maximum Gasteiger partial charge on any atom is 0.0525 e. The first-order chi connectivity index (χ1) is 7.43. The van der Waals surface area contributed by atoms with Crippen LogP contribution in [0.15, 0.2) is 28.3 Å². The van der Waals surface area contributed by atoms with Gasteiger partial charge in [-0.25, -0.2) is 0 Å². The number of hydrogen-bond acceptors (Lipinski definition) is 3. The molecule has 0 amide bonds. The van der Waals surface area contributed by atoms with Crippen LogP contribution in [0.2, 0.25) is 0 Å². The Morgan fingerprint density at radius 1 is 1.27 bits per heavy atom. The quantitative estimate of drug-likeness (QED) is 0.818. The Morgan fingerprint density at radius 3 is 3.13 bits per heavy atom. The number of aryl methyl sites for hydroxylation is 1. The van der Waals surface area contributed by atoms with Crippen molar-refractivity contribution < 1.29 is 0 Å². The van der Waals surface area contributed by atoms with Gasteiger partial charge in [0.15, 0.2) is 0 Å². The van der Waals surface area contributed by atoms with E-state index < -0.39 is 0 Å². The largest absolute Gasteiger partial charge is 0.378 e. The van der Waals surface area contributed by atoms with Crippen molar-refractivity contribution >= 4 is 28.4 Å². The number of hydrogen-bond donors (Lipinski definition) is 1. The summed E-state index contributed by atoms with van der Waals surface area (Å²) >= 11 is 3.66. The third kappa shape index (κ3) is 1.82. The van der Waals surface area contributed by atoms with Gasteiger partial charge in [0.25, 0.3) is 0 Å². The molecule has 0 aliphatic heterocycles. The Hall–Kier alpha value is -0.800. The molecule has 0 bridgehead atoms. The molecule has 2 aromatic rings. The van der Waals surface area contributed by atoms with Crippen LogP contribution in [0.4, 0.5) is 5.69 Å². The lowest BCUT2D eigenvalue weighted by molar-refractivity contribution is 0.609. The minimum Gasteiger partial charge on any atom is -0.378 e. The molecule has 0 aromatic carbocycles. The Balaban J connectivity index is 1.84. The summed E-state index contributed by atoms with van der Waals surface area (Å²) in [4.78, 5) is 1.58. The average Bonchev–Trinajstić information content (AvgIpc) is 2.87. The molecule has 2 heterocycles. The van der Waals surface area contributed by atoms with Crippen molar-refractivity contribution in [2.24, 2.45) is 0 Å². The third-order valence-corrected chi connectivity index (χ3v) is 4.59. The Labute approximate surface area is 97.8 Å². The van der Waals surface area contributed by atoms with Gasteiger partial charge in [0.05, 0.1) is 6.04 Å². The van der Waals surface area contributed by atoms with Crippen LogP contribution >= 0.6 is 22.7 Å². The van der Waals surface area contributed by atoms with Crippen molar-refractivity contribution in [3.8, 4) is 0 Å². The smallest absolute Gasteiger partial charge is 0.0525 e. The molecule has 0 spiro atoms. The van der Waals surface area contributed by atoms with Crippen LogP contribution in [-0.2, 0) is 6.42 Å². The molecule has 1 aliphatic carbocycles. The Morgan fingerprint density at radius 2 is 2.27 bits per heavy atom. The number of rotatable bonds is 2. The molecular formula is C12H13NS2.